The second-order valence-electron chi connectivity index (χ2n) is 6.09. The third-order valence-corrected chi connectivity index (χ3v) is 4.35. The van der Waals surface area contributed by atoms with E-state index in [1.165, 1.54) is 0 Å². The average molecular weight is 335 g/mol. The molecule has 1 saturated carbocycles. The van der Waals surface area contributed by atoms with Gasteiger partial charge in [0.25, 0.3) is 0 Å². The minimum absolute atomic E-state index is 0.0334. The first kappa shape index (κ1) is 18.3. The molecule has 0 heterocycles. The minimum Gasteiger partial charge on any atom is -0.497 e. The van der Waals surface area contributed by atoms with Gasteiger partial charge in [-0.15, -0.1) is 0 Å². The Morgan fingerprint density at radius 1 is 1.21 bits per heavy atom. The molecule has 2 N–H and O–H groups in total. The molecule has 1 aliphatic carbocycles. The average Bonchev–Trinajstić information content (AvgIpc) is 3.09. The molecule has 1 aromatic rings. The third kappa shape index (κ3) is 5.53. The maximum Gasteiger partial charge on any atom is 0.306 e. The quantitative estimate of drug-likeness (QED) is 0.676. The van der Waals surface area contributed by atoms with E-state index < -0.39 is 5.97 Å². The van der Waals surface area contributed by atoms with Gasteiger partial charge in [-0.3, -0.25) is 9.59 Å². The first-order valence-electron chi connectivity index (χ1n) is 8.31. The third-order valence-electron chi connectivity index (χ3n) is 4.35. The Kier molecular flexibility index (Phi) is 7.06. The zero-order chi connectivity index (χ0) is 17.4. The van der Waals surface area contributed by atoms with Crippen LogP contribution in [0.15, 0.2) is 24.3 Å². The molecule has 0 aliphatic heterocycles. The number of aliphatic carboxylic acids is 1. The second kappa shape index (κ2) is 9.27. The number of amides is 1. The van der Waals surface area contributed by atoms with E-state index in [9.17, 15) is 9.59 Å². The Hall–Kier alpha value is -2.08. The normalized spacial score (nSPS) is 19.9. The molecule has 0 unspecified atom stereocenters. The molecule has 0 bridgehead atoms. The van der Waals surface area contributed by atoms with E-state index in [0.29, 0.717) is 39.0 Å². The van der Waals surface area contributed by atoms with Crippen molar-refractivity contribution in [3.63, 3.8) is 0 Å². The van der Waals surface area contributed by atoms with E-state index in [4.69, 9.17) is 14.6 Å². The summed E-state index contributed by atoms with van der Waals surface area (Å²) in [4.78, 5) is 22.9. The lowest BCUT2D eigenvalue weighted by atomic mass is 10.0. The van der Waals surface area contributed by atoms with Crippen molar-refractivity contribution < 1.29 is 24.2 Å². The van der Waals surface area contributed by atoms with E-state index in [1.54, 1.807) is 7.11 Å². The second-order valence-corrected chi connectivity index (χ2v) is 6.09. The number of benzene rings is 1. The number of ether oxygens (including phenoxy) is 2. The van der Waals surface area contributed by atoms with E-state index >= 15 is 0 Å². The SMILES string of the molecule is COc1ccc(COCCCNC(=O)[C@@H]2CC[C@H](C(=O)O)C2)cc1. The summed E-state index contributed by atoms with van der Waals surface area (Å²) in [6.45, 7) is 1.64. The van der Waals surface area contributed by atoms with Gasteiger partial charge in [0, 0.05) is 19.1 Å². The Bertz CT molecular complexity index is 543. The molecule has 1 amide bonds. The molecule has 132 valence electrons. The predicted octanol–water partition coefficient (Wildman–Crippen LogP) is 2.22. The lowest BCUT2D eigenvalue weighted by Crippen LogP contribution is -2.31. The molecule has 1 aromatic carbocycles. The Morgan fingerprint density at radius 2 is 1.92 bits per heavy atom. The topological polar surface area (TPSA) is 84.9 Å². The number of nitrogens with one attached hydrogen (secondary N) is 1. The van der Waals surface area contributed by atoms with Crippen LogP contribution in [0.25, 0.3) is 0 Å². The maximum absolute atomic E-state index is 12.0. The first-order valence-corrected chi connectivity index (χ1v) is 8.31. The summed E-state index contributed by atoms with van der Waals surface area (Å²) in [6.07, 6.45) is 2.45. The van der Waals surface area contributed by atoms with Crippen LogP contribution in [-0.4, -0.2) is 37.2 Å². The predicted molar refractivity (Wildman–Crippen MR) is 88.7 cm³/mol. The van der Waals surface area contributed by atoms with E-state index in [-0.39, 0.29) is 17.7 Å². The van der Waals surface area contributed by atoms with Crippen molar-refractivity contribution in [1.29, 1.82) is 0 Å². The van der Waals surface area contributed by atoms with Crippen LogP contribution in [0.4, 0.5) is 0 Å². The lowest BCUT2D eigenvalue weighted by Gasteiger charge is -2.11. The lowest BCUT2D eigenvalue weighted by molar-refractivity contribution is -0.141. The van der Waals surface area contributed by atoms with Crippen LogP contribution in [0.1, 0.15) is 31.2 Å². The molecule has 24 heavy (non-hydrogen) atoms. The summed E-state index contributed by atoms with van der Waals surface area (Å²) < 4.78 is 10.7. The number of rotatable bonds is 9. The van der Waals surface area contributed by atoms with Crippen LogP contribution in [-0.2, 0) is 20.9 Å². The highest BCUT2D eigenvalue weighted by Crippen LogP contribution is 2.31. The van der Waals surface area contributed by atoms with Gasteiger partial charge < -0.3 is 19.9 Å². The van der Waals surface area contributed by atoms with Crippen molar-refractivity contribution in [2.45, 2.75) is 32.3 Å². The van der Waals surface area contributed by atoms with Gasteiger partial charge in [0.1, 0.15) is 5.75 Å². The number of carboxylic acids is 1. The maximum atomic E-state index is 12.0. The molecular formula is C18H25NO5. The van der Waals surface area contributed by atoms with Crippen LogP contribution in [0.5, 0.6) is 5.75 Å². The number of carbonyl (C=O) groups is 2. The minimum atomic E-state index is -0.794. The van der Waals surface area contributed by atoms with Crippen molar-refractivity contribution in [2.24, 2.45) is 11.8 Å². The highest BCUT2D eigenvalue weighted by Gasteiger charge is 2.33. The van der Waals surface area contributed by atoms with Gasteiger partial charge >= 0.3 is 5.97 Å². The number of carbonyl (C=O) groups excluding carboxylic acids is 1. The van der Waals surface area contributed by atoms with Crippen molar-refractivity contribution in [1.82, 2.24) is 5.32 Å². The van der Waals surface area contributed by atoms with Crippen LogP contribution in [0, 0.1) is 11.8 Å². The zero-order valence-corrected chi connectivity index (χ0v) is 14.0. The fourth-order valence-electron chi connectivity index (χ4n) is 2.89. The zero-order valence-electron chi connectivity index (χ0n) is 14.0. The number of hydrogen-bond acceptors (Lipinski definition) is 4. The standard InChI is InChI=1S/C18H25NO5/c1-23-16-7-3-13(4-8-16)12-24-10-2-9-19-17(20)14-5-6-15(11-14)18(21)22/h3-4,7-8,14-15H,2,5-6,9-12H2,1H3,(H,19,20)(H,21,22)/t14-,15+/m1/s1. The Labute approximate surface area is 142 Å². The molecule has 2 rings (SSSR count). The summed E-state index contributed by atoms with van der Waals surface area (Å²) in [6, 6.07) is 7.70. The van der Waals surface area contributed by atoms with Crippen LogP contribution < -0.4 is 10.1 Å². The first-order chi connectivity index (χ1) is 11.6. The molecular weight excluding hydrogens is 310 g/mol. The number of hydrogen-bond donors (Lipinski definition) is 2. The summed E-state index contributed by atoms with van der Waals surface area (Å²) in [5.74, 6) is -0.537. The van der Waals surface area contributed by atoms with Crippen LogP contribution in [0.3, 0.4) is 0 Å². The summed E-state index contributed by atoms with van der Waals surface area (Å²) in [5.41, 5.74) is 1.07. The van der Waals surface area contributed by atoms with Gasteiger partial charge in [0.05, 0.1) is 19.6 Å². The number of methoxy groups -OCH3 is 1. The van der Waals surface area contributed by atoms with Crippen LogP contribution in [0.2, 0.25) is 0 Å². The molecule has 6 nitrogen and oxygen atoms in total. The summed E-state index contributed by atoms with van der Waals surface area (Å²) in [5, 5.41) is 11.8. The highest BCUT2D eigenvalue weighted by atomic mass is 16.5. The van der Waals surface area contributed by atoms with Crippen molar-refractivity contribution in [3.8, 4) is 5.75 Å². The smallest absolute Gasteiger partial charge is 0.306 e. The van der Waals surface area contributed by atoms with E-state index in [0.717, 1.165) is 17.7 Å². The number of carboxylic acid groups (broad SMARTS) is 1. The molecule has 0 radical (unpaired) electrons. The molecule has 0 saturated heterocycles. The fourth-order valence-corrected chi connectivity index (χ4v) is 2.89. The van der Waals surface area contributed by atoms with Crippen LogP contribution >= 0.6 is 0 Å². The molecule has 2 atom stereocenters. The van der Waals surface area contributed by atoms with Gasteiger partial charge in [-0.2, -0.15) is 0 Å². The van der Waals surface area contributed by atoms with Crippen molar-refractivity contribution in [2.75, 3.05) is 20.3 Å². The van der Waals surface area contributed by atoms with Gasteiger partial charge in [-0.1, -0.05) is 12.1 Å². The van der Waals surface area contributed by atoms with E-state index in [1.807, 2.05) is 24.3 Å². The van der Waals surface area contributed by atoms with Gasteiger partial charge in [0.15, 0.2) is 0 Å². The molecule has 1 aliphatic rings. The summed E-state index contributed by atoms with van der Waals surface area (Å²) >= 11 is 0. The molecule has 0 spiro atoms. The van der Waals surface area contributed by atoms with Gasteiger partial charge in [-0.05, 0) is 43.4 Å². The molecule has 0 aromatic heterocycles. The monoisotopic (exact) mass is 335 g/mol. The van der Waals surface area contributed by atoms with Gasteiger partial charge in [-0.25, -0.2) is 0 Å². The van der Waals surface area contributed by atoms with Crippen molar-refractivity contribution in [3.05, 3.63) is 29.8 Å². The van der Waals surface area contributed by atoms with Gasteiger partial charge in [0.2, 0.25) is 5.91 Å². The fraction of sp³-hybridized carbons (Fsp3) is 0.556. The highest BCUT2D eigenvalue weighted by molar-refractivity contribution is 5.80. The van der Waals surface area contributed by atoms with Crippen molar-refractivity contribution >= 4 is 11.9 Å². The molecule has 6 heteroatoms. The molecule has 1 fully saturated rings. The van der Waals surface area contributed by atoms with E-state index in [2.05, 4.69) is 5.32 Å². The Balaban J connectivity index is 1.54. The summed E-state index contributed by atoms with van der Waals surface area (Å²) in [7, 11) is 1.63. The largest absolute Gasteiger partial charge is 0.497 e. The Morgan fingerprint density at radius 3 is 2.54 bits per heavy atom.